The van der Waals surface area contributed by atoms with Crippen molar-refractivity contribution in [1.29, 1.82) is 5.26 Å². The van der Waals surface area contributed by atoms with Crippen LogP contribution in [0.1, 0.15) is 36.3 Å². The topological polar surface area (TPSA) is 82.0 Å². The van der Waals surface area contributed by atoms with Crippen LogP contribution >= 0.6 is 23.4 Å². The Labute approximate surface area is 196 Å². The number of thioether (sulfide) groups is 1. The number of nitriles is 1. The number of nitrogens with zero attached hydrogens (tertiary/aromatic N) is 1. The van der Waals surface area contributed by atoms with E-state index in [0.717, 1.165) is 29.7 Å². The summed E-state index contributed by atoms with van der Waals surface area (Å²) in [6, 6.07) is 17.2. The van der Waals surface area contributed by atoms with Crippen LogP contribution in [0.15, 0.2) is 70.4 Å². The number of carbonyl (C=O) groups excluding carboxylic acids is 2. The molecule has 0 spiro atoms. The fourth-order valence-corrected chi connectivity index (χ4v) is 5.08. The number of ketones is 1. The van der Waals surface area contributed by atoms with Crippen molar-refractivity contribution in [3.05, 3.63) is 86.6 Å². The number of amides is 1. The van der Waals surface area contributed by atoms with E-state index in [2.05, 4.69) is 16.7 Å². The van der Waals surface area contributed by atoms with Crippen molar-refractivity contribution in [2.75, 3.05) is 11.1 Å². The molecule has 7 heteroatoms. The number of hydrogen-bond acceptors (Lipinski definition) is 5. The Morgan fingerprint density at radius 1 is 1.25 bits per heavy atom. The average Bonchev–Trinajstić information content (AvgIpc) is 2.77. The molecule has 5 nitrogen and oxygen atoms in total. The zero-order valence-corrected chi connectivity index (χ0v) is 19.1. The lowest BCUT2D eigenvalue weighted by Gasteiger charge is -2.33. The van der Waals surface area contributed by atoms with Gasteiger partial charge in [-0.25, -0.2) is 0 Å². The standard InChI is InChI=1S/C25H22ClN3O2S/c1-15-8-10-16(11-9-15)23-19(13-27)25(29-20-6-3-7-21(30)24(20)23)32-14-22(31)28-18-5-2-4-17(26)12-18/h2,4-5,8-12,23,29H,3,6-7,14H2,1H3,(H,28,31)/t23-/m0/s1. The molecule has 0 saturated heterocycles. The molecule has 2 aromatic carbocycles. The number of carbonyl (C=O) groups is 2. The van der Waals surface area contributed by atoms with Crippen LogP contribution in [0, 0.1) is 18.3 Å². The van der Waals surface area contributed by atoms with Crippen molar-refractivity contribution < 1.29 is 9.59 Å². The second-order valence-electron chi connectivity index (χ2n) is 7.84. The molecule has 1 aliphatic carbocycles. The first-order valence-electron chi connectivity index (χ1n) is 10.4. The number of allylic oxidation sites excluding steroid dienone is 3. The van der Waals surface area contributed by atoms with Crippen LogP contribution in [0.25, 0.3) is 0 Å². The van der Waals surface area contributed by atoms with Crippen LogP contribution in [-0.2, 0) is 9.59 Å². The van der Waals surface area contributed by atoms with E-state index in [1.54, 1.807) is 24.3 Å². The molecule has 1 atom stereocenters. The van der Waals surface area contributed by atoms with E-state index in [1.165, 1.54) is 11.8 Å². The van der Waals surface area contributed by atoms with Crippen molar-refractivity contribution in [3.8, 4) is 6.07 Å². The number of Topliss-reactive ketones (excluding diaryl/α,β-unsaturated/α-hetero) is 1. The SMILES string of the molecule is Cc1ccc([C@H]2C(C#N)=C(SCC(=O)Nc3cccc(Cl)c3)NC3=C2C(=O)CCC3)cc1. The minimum atomic E-state index is -0.414. The Morgan fingerprint density at radius 2 is 2.03 bits per heavy atom. The highest BCUT2D eigenvalue weighted by molar-refractivity contribution is 8.03. The molecule has 162 valence electrons. The molecule has 0 radical (unpaired) electrons. The average molecular weight is 464 g/mol. The molecule has 0 unspecified atom stereocenters. The number of benzene rings is 2. The van der Waals surface area contributed by atoms with Gasteiger partial charge in [0, 0.05) is 28.4 Å². The first-order valence-corrected chi connectivity index (χ1v) is 11.7. The number of halogens is 1. The maximum atomic E-state index is 12.8. The summed E-state index contributed by atoms with van der Waals surface area (Å²) in [4.78, 5) is 25.3. The minimum Gasteiger partial charge on any atom is -0.352 e. The lowest BCUT2D eigenvalue weighted by molar-refractivity contribution is -0.116. The van der Waals surface area contributed by atoms with E-state index in [9.17, 15) is 14.9 Å². The molecule has 0 saturated carbocycles. The largest absolute Gasteiger partial charge is 0.352 e. The van der Waals surface area contributed by atoms with Gasteiger partial charge in [0.1, 0.15) is 0 Å². The molecule has 4 rings (SSSR count). The van der Waals surface area contributed by atoms with Gasteiger partial charge in [-0.3, -0.25) is 9.59 Å². The van der Waals surface area contributed by atoms with Crippen LogP contribution < -0.4 is 10.6 Å². The molecule has 1 aliphatic heterocycles. The second kappa shape index (κ2) is 9.64. The molecule has 0 aromatic heterocycles. The van der Waals surface area contributed by atoms with Gasteiger partial charge in [-0.15, -0.1) is 0 Å². The van der Waals surface area contributed by atoms with E-state index in [1.807, 2.05) is 31.2 Å². The van der Waals surface area contributed by atoms with Gasteiger partial charge in [-0.2, -0.15) is 5.26 Å². The molecular formula is C25H22ClN3O2S. The summed E-state index contributed by atoms with van der Waals surface area (Å²) in [5, 5.41) is 17.3. The van der Waals surface area contributed by atoms with Crippen molar-refractivity contribution >= 4 is 40.7 Å². The number of aryl methyl sites for hydroxylation is 1. The molecular weight excluding hydrogens is 442 g/mol. The fraction of sp³-hybridized carbons (Fsp3) is 0.240. The number of hydrogen-bond donors (Lipinski definition) is 2. The van der Waals surface area contributed by atoms with Crippen LogP contribution in [0.3, 0.4) is 0 Å². The van der Waals surface area contributed by atoms with E-state index in [4.69, 9.17) is 11.6 Å². The summed E-state index contributed by atoms with van der Waals surface area (Å²) in [6.45, 7) is 2.00. The zero-order valence-electron chi connectivity index (χ0n) is 17.6. The van der Waals surface area contributed by atoms with Crippen LogP contribution in [-0.4, -0.2) is 17.4 Å². The quantitative estimate of drug-likeness (QED) is 0.616. The highest BCUT2D eigenvalue weighted by atomic mass is 35.5. The van der Waals surface area contributed by atoms with Gasteiger partial charge in [0.15, 0.2) is 5.78 Å². The van der Waals surface area contributed by atoms with E-state index in [-0.39, 0.29) is 17.4 Å². The molecule has 0 fully saturated rings. The Kier molecular flexibility index (Phi) is 6.69. The van der Waals surface area contributed by atoms with Crippen molar-refractivity contribution in [2.45, 2.75) is 32.1 Å². The van der Waals surface area contributed by atoms with Gasteiger partial charge in [0.25, 0.3) is 0 Å². The Balaban J connectivity index is 1.61. The zero-order chi connectivity index (χ0) is 22.7. The van der Waals surface area contributed by atoms with Crippen molar-refractivity contribution in [3.63, 3.8) is 0 Å². The van der Waals surface area contributed by atoms with E-state index < -0.39 is 5.92 Å². The van der Waals surface area contributed by atoms with Gasteiger partial charge in [-0.1, -0.05) is 59.3 Å². The summed E-state index contributed by atoms with van der Waals surface area (Å²) < 4.78 is 0. The van der Waals surface area contributed by atoms with Crippen molar-refractivity contribution in [2.24, 2.45) is 0 Å². The summed E-state index contributed by atoms with van der Waals surface area (Å²) in [5.41, 5.74) is 4.67. The summed E-state index contributed by atoms with van der Waals surface area (Å²) >= 11 is 7.26. The predicted octanol–water partition coefficient (Wildman–Crippen LogP) is 5.45. The lowest BCUT2D eigenvalue weighted by Crippen LogP contribution is -2.31. The van der Waals surface area contributed by atoms with Gasteiger partial charge >= 0.3 is 0 Å². The summed E-state index contributed by atoms with van der Waals surface area (Å²) in [5.74, 6) is -0.407. The molecule has 2 aliphatic rings. The third kappa shape index (κ3) is 4.74. The molecule has 2 N–H and O–H groups in total. The number of dihydropyridines is 1. The number of anilines is 1. The Hall–Kier alpha value is -3.01. The molecule has 0 bridgehead atoms. The third-order valence-corrected chi connectivity index (χ3v) is 6.78. The molecule has 2 aromatic rings. The monoisotopic (exact) mass is 463 g/mol. The smallest absolute Gasteiger partial charge is 0.234 e. The predicted molar refractivity (Wildman–Crippen MR) is 128 cm³/mol. The Morgan fingerprint density at radius 3 is 2.75 bits per heavy atom. The van der Waals surface area contributed by atoms with Crippen LogP contribution in [0.2, 0.25) is 5.02 Å². The number of nitrogens with one attached hydrogen (secondary N) is 2. The fourth-order valence-electron chi connectivity index (χ4n) is 4.03. The lowest BCUT2D eigenvalue weighted by atomic mass is 9.77. The highest BCUT2D eigenvalue weighted by Gasteiger charge is 2.37. The maximum Gasteiger partial charge on any atom is 0.234 e. The second-order valence-corrected chi connectivity index (χ2v) is 9.26. The van der Waals surface area contributed by atoms with E-state index >= 15 is 0 Å². The van der Waals surface area contributed by atoms with Crippen molar-refractivity contribution in [1.82, 2.24) is 5.32 Å². The molecule has 1 amide bonds. The van der Waals surface area contributed by atoms with Gasteiger partial charge in [0.05, 0.1) is 28.3 Å². The third-order valence-electron chi connectivity index (χ3n) is 5.53. The minimum absolute atomic E-state index is 0.0832. The first kappa shape index (κ1) is 22.2. The highest BCUT2D eigenvalue weighted by Crippen LogP contribution is 2.44. The van der Waals surface area contributed by atoms with Gasteiger partial charge in [0.2, 0.25) is 5.91 Å². The van der Waals surface area contributed by atoms with Crippen LogP contribution in [0.5, 0.6) is 0 Å². The van der Waals surface area contributed by atoms with Gasteiger partial charge in [-0.05, 0) is 43.5 Å². The van der Waals surface area contributed by atoms with E-state index in [0.29, 0.717) is 33.3 Å². The summed E-state index contributed by atoms with van der Waals surface area (Å²) in [7, 11) is 0. The molecule has 1 heterocycles. The normalized spacial score (nSPS) is 18.0. The first-order chi connectivity index (χ1) is 15.5. The number of rotatable bonds is 5. The molecule has 32 heavy (non-hydrogen) atoms. The Bertz CT molecular complexity index is 1180. The van der Waals surface area contributed by atoms with Crippen LogP contribution in [0.4, 0.5) is 5.69 Å². The maximum absolute atomic E-state index is 12.8. The summed E-state index contributed by atoms with van der Waals surface area (Å²) in [6.07, 6.45) is 2.02. The van der Waals surface area contributed by atoms with Gasteiger partial charge < -0.3 is 10.6 Å².